The van der Waals surface area contributed by atoms with Crippen LogP contribution < -0.4 is 0 Å². The molecule has 0 aliphatic carbocycles. The summed E-state index contributed by atoms with van der Waals surface area (Å²) in [6.07, 6.45) is 0. The maximum absolute atomic E-state index is 8.87. The zero-order valence-corrected chi connectivity index (χ0v) is 7.20. The highest BCUT2D eigenvalue weighted by atomic mass is 16.3. The summed E-state index contributed by atoms with van der Waals surface area (Å²) >= 11 is 0. The minimum absolute atomic E-state index is 0.0772. The summed E-state index contributed by atoms with van der Waals surface area (Å²) in [5.74, 6) is 0.178. The number of aliphatic hydroxyl groups excluding tert-OH is 2. The normalized spacial score (nSPS) is 12.9. The van der Waals surface area contributed by atoms with Crippen LogP contribution >= 0.6 is 0 Å². The van der Waals surface area contributed by atoms with Crippen LogP contribution in [0.1, 0.15) is 24.0 Å². The molecule has 0 unspecified atom stereocenters. The molecular weight excluding hydrogens is 152 g/mol. The van der Waals surface area contributed by atoms with Gasteiger partial charge in [0.15, 0.2) is 0 Å². The van der Waals surface area contributed by atoms with Crippen LogP contribution in [-0.2, 0) is 6.61 Å². The minimum atomic E-state index is 0.0772. The van der Waals surface area contributed by atoms with E-state index < -0.39 is 0 Å². The van der Waals surface area contributed by atoms with E-state index in [1.165, 1.54) is 0 Å². The van der Waals surface area contributed by atoms with Crippen molar-refractivity contribution >= 4 is 0 Å². The molecule has 1 rings (SSSR count). The van der Waals surface area contributed by atoms with Crippen LogP contribution in [-0.4, -0.2) is 16.8 Å². The highest BCUT2D eigenvalue weighted by Crippen LogP contribution is 2.14. The summed E-state index contributed by atoms with van der Waals surface area (Å²) in [6.45, 7) is 2.21. The van der Waals surface area contributed by atoms with Crippen LogP contribution in [0.15, 0.2) is 24.3 Å². The molecule has 0 heterocycles. The molecule has 0 aromatic heterocycles. The zero-order chi connectivity index (χ0) is 8.97. The van der Waals surface area contributed by atoms with Crippen molar-refractivity contribution in [1.29, 1.82) is 0 Å². The molecule has 2 N–H and O–H groups in total. The Morgan fingerprint density at radius 3 is 2.17 bits per heavy atom. The Balaban J connectivity index is 2.77. The monoisotopic (exact) mass is 166 g/mol. The fourth-order valence-corrected chi connectivity index (χ4v) is 1.06. The second kappa shape index (κ2) is 4.24. The van der Waals surface area contributed by atoms with Gasteiger partial charge in [0.25, 0.3) is 0 Å². The summed E-state index contributed by atoms with van der Waals surface area (Å²) < 4.78 is 0. The molecule has 1 atom stereocenters. The van der Waals surface area contributed by atoms with Crippen molar-refractivity contribution in [1.82, 2.24) is 0 Å². The fourth-order valence-electron chi connectivity index (χ4n) is 1.06. The highest BCUT2D eigenvalue weighted by molar-refractivity contribution is 5.24. The van der Waals surface area contributed by atoms with E-state index >= 15 is 0 Å². The van der Waals surface area contributed by atoms with Crippen molar-refractivity contribution < 1.29 is 10.2 Å². The predicted molar refractivity (Wildman–Crippen MR) is 47.9 cm³/mol. The molecule has 0 aliphatic heterocycles. The van der Waals surface area contributed by atoms with Crippen LogP contribution in [0.4, 0.5) is 0 Å². The van der Waals surface area contributed by atoms with Crippen molar-refractivity contribution in [2.45, 2.75) is 19.4 Å². The van der Waals surface area contributed by atoms with Gasteiger partial charge in [-0.3, -0.25) is 0 Å². The quantitative estimate of drug-likeness (QED) is 0.710. The summed E-state index contributed by atoms with van der Waals surface area (Å²) in [7, 11) is 0. The number of rotatable bonds is 3. The van der Waals surface area contributed by atoms with E-state index in [0.717, 1.165) is 11.1 Å². The van der Waals surface area contributed by atoms with E-state index in [-0.39, 0.29) is 19.1 Å². The smallest absolute Gasteiger partial charge is 0.0681 e. The van der Waals surface area contributed by atoms with Crippen LogP contribution in [0.3, 0.4) is 0 Å². The lowest BCUT2D eigenvalue weighted by atomic mass is 10.0. The molecule has 0 saturated heterocycles. The van der Waals surface area contributed by atoms with E-state index in [1.54, 1.807) is 0 Å². The van der Waals surface area contributed by atoms with Crippen molar-refractivity contribution in [2.24, 2.45) is 0 Å². The van der Waals surface area contributed by atoms with Gasteiger partial charge in [0.2, 0.25) is 0 Å². The molecule has 0 amide bonds. The summed E-state index contributed by atoms with van der Waals surface area (Å²) in [5, 5.41) is 17.6. The predicted octanol–water partition coefficient (Wildman–Crippen LogP) is 1.27. The first-order valence-electron chi connectivity index (χ1n) is 4.08. The SMILES string of the molecule is C[C@@H](CO)c1ccc(CO)cc1. The van der Waals surface area contributed by atoms with Crippen LogP contribution in [0.25, 0.3) is 0 Å². The Morgan fingerprint density at radius 2 is 1.75 bits per heavy atom. The van der Waals surface area contributed by atoms with E-state index in [2.05, 4.69) is 0 Å². The molecule has 2 heteroatoms. The molecule has 0 spiro atoms. The van der Waals surface area contributed by atoms with E-state index in [9.17, 15) is 0 Å². The maximum Gasteiger partial charge on any atom is 0.0681 e. The van der Waals surface area contributed by atoms with Gasteiger partial charge < -0.3 is 10.2 Å². The van der Waals surface area contributed by atoms with Crippen LogP contribution in [0, 0.1) is 0 Å². The average molecular weight is 166 g/mol. The van der Waals surface area contributed by atoms with Gasteiger partial charge in [-0.05, 0) is 11.1 Å². The molecule has 0 fully saturated rings. The van der Waals surface area contributed by atoms with E-state index in [0.29, 0.717) is 0 Å². The molecule has 0 saturated carbocycles. The molecule has 0 bridgehead atoms. The Kier molecular flexibility index (Phi) is 3.26. The molecule has 0 radical (unpaired) electrons. The highest BCUT2D eigenvalue weighted by Gasteiger charge is 2.02. The lowest BCUT2D eigenvalue weighted by Gasteiger charge is -2.07. The number of aliphatic hydroxyl groups is 2. The van der Waals surface area contributed by atoms with Crippen molar-refractivity contribution in [3.63, 3.8) is 0 Å². The Bertz CT molecular complexity index is 228. The lowest BCUT2D eigenvalue weighted by molar-refractivity contribution is 0.272. The largest absolute Gasteiger partial charge is 0.396 e. The average Bonchev–Trinajstić information content (AvgIpc) is 2.17. The number of hydrogen-bond acceptors (Lipinski definition) is 2. The molecule has 12 heavy (non-hydrogen) atoms. The molecule has 66 valence electrons. The van der Waals surface area contributed by atoms with Gasteiger partial charge in [0.1, 0.15) is 0 Å². The molecular formula is C10H14O2. The van der Waals surface area contributed by atoms with Gasteiger partial charge in [-0.15, -0.1) is 0 Å². The molecule has 1 aromatic rings. The second-order valence-electron chi connectivity index (χ2n) is 2.98. The first kappa shape index (κ1) is 9.23. The summed E-state index contributed by atoms with van der Waals surface area (Å²) in [4.78, 5) is 0. The minimum Gasteiger partial charge on any atom is -0.396 e. The van der Waals surface area contributed by atoms with Gasteiger partial charge >= 0.3 is 0 Å². The van der Waals surface area contributed by atoms with Crippen molar-refractivity contribution in [3.05, 3.63) is 35.4 Å². The molecule has 1 aromatic carbocycles. The van der Waals surface area contributed by atoms with Gasteiger partial charge in [0, 0.05) is 12.5 Å². The van der Waals surface area contributed by atoms with E-state index in [4.69, 9.17) is 10.2 Å². The fraction of sp³-hybridized carbons (Fsp3) is 0.400. The third-order valence-electron chi connectivity index (χ3n) is 2.01. The summed E-state index contributed by atoms with van der Waals surface area (Å²) in [6, 6.07) is 7.63. The first-order chi connectivity index (χ1) is 5.77. The molecule has 2 nitrogen and oxygen atoms in total. The van der Waals surface area contributed by atoms with Crippen LogP contribution in [0.5, 0.6) is 0 Å². The first-order valence-corrected chi connectivity index (χ1v) is 4.08. The third kappa shape index (κ3) is 2.06. The lowest BCUT2D eigenvalue weighted by Crippen LogP contribution is -1.98. The standard InChI is InChI=1S/C10H14O2/c1-8(6-11)10-4-2-9(7-12)3-5-10/h2-5,8,11-12H,6-7H2,1H3/t8-/m0/s1. The van der Waals surface area contributed by atoms with Gasteiger partial charge in [-0.25, -0.2) is 0 Å². The van der Waals surface area contributed by atoms with Crippen molar-refractivity contribution in [2.75, 3.05) is 6.61 Å². The van der Waals surface area contributed by atoms with E-state index in [1.807, 2.05) is 31.2 Å². The number of benzene rings is 1. The third-order valence-corrected chi connectivity index (χ3v) is 2.01. The van der Waals surface area contributed by atoms with Crippen molar-refractivity contribution in [3.8, 4) is 0 Å². The topological polar surface area (TPSA) is 40.5 Å². The van der Waals surface area contributed by atoms with Crippen LogP contribution in [0.2, 0.25) is 0 Å². The Morgan fingerprint density at radius 1 is 1.17 bits per heavy atom. The zero-order valence-electron chi connectivity index (χ0n) is 7.20. The number of hydrogen-bond donors (Lipinski definition) is 2. The second-order valence-corrected chi connectivity index (χ2v) is 2.98. The van der Waals surface area contributed by atoms with Gasteiger partial charge in [-0.2, -0.15) is 0 Å². The van der Waals surface area contributed by atoms with Gasteiger partial charge in [0.05, 0.1) is 6.61 Å². The molecule has 0 aliphatic rings. The van der Waals surface area contributed by atoms with Gasteiger partial charge in [-0.1, -0.05) is 31.2 Å². The maximum atomic E-state index is 8.87. The Hall–Kier alpha value is -0.860. The Labute approximate surface area is 72.5 Å². The summed E-state index contributed by atoms with van der Waals surface area (Å²) in [5.41, 5.74) is 2.01.